The highest BCUT2D eigenvalue weighted by Gasteiger charge is 2.51. The molecule has 4 aliphatic carbocycles. The van der Waals surface area contributed by atoms with E-state index in [1.54, 1.807) is 0 Å². The molecule has 9 aromatic carbocycles. The van der Waals surface area contributed by atoms with E-state index in [1.807, 2.05) is 0 Å². The lowest BCUT2D eigenvalue weighted by Gasteiger charge is -2.35. The van der Waals surface area contributed by atoms with E-state index in [0.29, 0.717) is 0 Å². The third-order valence-corrected chi connectivity index (χ3v) is 15.3. The van der Waals surface area contributed by atoms with E-state index in [0.717, 1.165) is 74.7 Å². The number of hydrogen-bond donors (Lipinski definition) is 0. The number of hydrogen-bond acceptors (Lipinski definition) is 3. The third-order valence-electron chi connectivity index (χ3n) is 15.3. The molecular weight excluding hydrogens is 803 g/mol. The average molecular weight is 844 g/mol. The van der Waals surface area contributed by atoms with Gasteiger partial charge in [0.1, 0.15) is 22.5 Å². The van der Waals surface area contributed by atoms with Crippen LogP contribution in [0.25, 0.3) is 82.8 Å². The highest BCUT2D eigenvalue weighted by Crippen LogP contribution is 2.63. The molecule has 0 N–H and O–H groups in total. The predicted octanol–water partition coefficient (Wildman–Crippen LogP) is 16.9. The first-order valence-electron chi connectivity index (χ1n) is 23.3. The predicted molar refractivity (Wildman–Crippen MR) is 272 cm³/mol. The number of nitrogens with zero attached hydrogens (tertiary/aromatic N) is 1. The summed E-state index contributed by atoms with van der Waals surface area (Å²) in [6.45, 7) is 0. The van der Waals surface area contributed by atoms with Crippen molar-refractivity contribution in [3.05, 3.63) is 245 Å². The highest BCUT2D eigenvalue weighted by atomic mass is 16.3. The van der Waals surface area contributed by atoms with Crippen LogP contribution in [0.4, 0.5) is 11.4 Å². The number of allylic oxidation sites excluding steroid dienone is 5. The second-order valence-corrected chi connectivity index (χ2v) is 18.4. The Kier molecular flexibility index (Phi) is 7.38. The molecule has 0 fully saturated rings. The molecule has 3 heteroatoms. The van der Waals surface area contributed by atoms with Gasteiger partial charge in [0, 0.05) is 44.4 Å². The van der Waals surface area contributed by atoms with Crippen LogP contribution < -0.4 is 4.90 Å². The van der Waals surface area contributed by atoms with Crippen molar-refractivity contribution in [3.63, 3.8) is 0 Å². The maximum atomic E-state index is 7.14. The highest BCUT2D eigenvalue weighted by molar-refractivity contribution is 6.19. The van der Waals surface area contributed by atoms with Crippen LogP contribution in [0.5, 0.6) is 0 Å². The van der Waals surface area contributed by atoms with Gasteiger partial charge in [-0.25, -0.2) is 0 Å². The fraction of sp³-hybridized carbons (Fsp3) is 0.0794. The summed E-state index contributed by atoms with van der Waals surface area (Å²) in [7, 11) is 0. The van der Waals surface area contributed by atoms with Gasteiger partial charge in [0.25, 0.3) is 0 Å². The maximum Gasteiger partial charge on any atom is 0.143 e. The van der Waals surface area contributed by atoms with Crippen LogP contribution in [-0.2, 0) is 5.41 Å². The van der Waals surface area contributed by atoms with E-state index in [1.165, 1.54) is 77.5 Å². The van der Waals surface area contributed by atoms with Crippen LogP contribution in [0.3, 0.4) is 0 Å². The van der Waals surface area contributed by atoms with E-state index in [2.05, 4.69) is 211 Å². The summed E-state index contributed by atoms with van der Waals surface area (Å²) >= 11 is 0. The SMILES string of the molecule is C1=CC(C2CC=Cc3c2oc2c3ccc3ccccc32)=C(N(c2ccc3c(c2)C2(c4ccccc4-c4ccccc42)c2ccccc2-3)c2cccc3oc4c5ccccc5ccc4c23)CC1. The monoisotopic (exact) mass is 843 g/mol. The minimum Gasteiger partial charge on any atom is -0.459 e. The van der Waals surface area contributed by atoms with Crippen molar-refractivity contribution in [1.29, 1.82) is 0 Å². The van der Waals surface area contributed by atoms with Crippen LogP contribution in [0.1, 0.15) is 58.8 Å². The average Bonchev–Trinajstić information content (AvgIpc) is 4.13. The van der Waals surface area contributed by atoms with Gasteiger partial charge in [0.05, 0.1) is 16.5 Å². The lowest BCUT2D eigenvalue weighted by Crippen LogP contribution is -2.27. The molecule has 0 saturated heterocycles. The van der Waals surface area contributed by atoms with E-state index >= 15 is 0 Å². The third kappa shape index (κ3) is 4.71. The molecule has 15 rings (SSSR count). The molecule has 0 aliphatic heterocycles. The van der Waals surface area contributed by atoms with Crippen LogP contribution in [-0.4, -0.2) is 0 Å². The van der Waals surface area contributed by atoms with Gasteiger partial charge in [-0.05, 0) is 117 Å². The van der Waals surface area contributed by atoms with Crippen LogP contribution in [0.2, 0.25) is 0 Å². The van der Waals surface area contributed by atoms with E-state index in [-0.39, 0.29) is 5.92 Å². The Morgan fingerprint density at radius 2 is 1.11 bits per heavy atom. The molecule has 66 heavy (non-hydrogen) atoms. The molecular formula is C63H41NO2. The molecule has 1 atom stereocenters. The zero-order valence-corrected chi connectivity index (χ0v) is 36.1. The molecule has 0 bridgehead atoms. The molecule has 0 radical (unpaired) electrons. The van der Waals surface area contributed by atoms with E-state index < -0.39 is 5.41 Å². The molecule has 0 saturated carbocycles. The Hall–Kier alpha value is -8.14. The summed E-state index contributed by atoms with van der Waals surface area (Å²) in [6.07, 6.45) is 12.1. The zero-order chi connectivity index (χ0) is 43.1. The van der Waals surface area contributed by atoms with Gasteiger partial charge in [0.2, 0.25) is 0 Å². The fourth-order valence-electron chi connectivity index (χ4n) is 12.6. The Bertz CT molecular complexity index is 3940. The molecule has 1 unspecified atom stereocenters. The minimum absolute atomic E-state index is 0.0214. The number of rotatable bonds is 4. The lowest BCUT2D eigenvalue weighted by atomic mass is 9.70. The number of anilines is 2. The van der Waals surface area contributed by atoms with Gasteiger partial charge >= 0.3 is 0 Å². The Morgan fingerprint density at radius 3 is 1.82 bits per heavy atom. The van der Waals surface area contributed by atoms with Crippen molar-refractivity contribution in [3.8, 4) is 22.3 Å². The molecule has 2 aromatic heterocycles. The van der Waals surface area contributed by atoms with E-state index in [9.17, 15) is 0 Å². The molecule has 1 spiro atoms. The summed E-state index contributed by atoms with van der Waals surface area (Å²) in [6, 6.07) is 67.4. The van der Waals surface area contributed by atoms with Crippen molar-refractivity contribution in [1.82, 2.24) is 0 Å². The summed E-state index contributed by atoms with van der Waals surface area (Å²) in [5, 5.41) is 8.05. The molecule has 11 aromatic rings. The number of furan rings is 2. The molecule has 3 nitrogen and oxygen atoms in total. The second-order valence-electron chi connectivity index (χ2n) is 18.4. The van der Waals surface area contributed by atoms with Gasteiger partial charge < -0.3 is 13.7 Å². The minimum atomic E-state index is -0.474. The smallest absolute Gasteiger partial charge is 0.143 e. The first kappa shape index (κ1) is 36.2. The zero-order valence-electron chi connectivity index (χ0n) is 36.1. The Labute approximate surface area is 381 Å². The van der Waals surface area contributed by atoms with Gasteiger partial charge in [-0.15, -0.1) is 0 Å². The normalized spacial score (nSPS) is 16.4. The molecule has 310 valence electrons. The molecule has 2 heterocycles. The quantitative estimate of drug-likeness (QED) is 0.177. The summed E-state index contributed by atoms with van der Waals surface area (Å²) in [4.78, 5) is 2.60. The van der Waals surface area contributed by atoms with Crippen molar-refractivity contribution >= 4 is 71.9 Å². The van der Waals surface area contributed by atoms with Crippen molar-refractivity contribution < 1.29 is 8.83 Å². The first-order valence-corrected chi connectivity index (χ1v) is 23.3. The number of fused-ring (bicyclic) bond motifs is 20. The summed E-state index contributed by atoms with van der Waals surface area (Å²) in [5.41, 5.74) is 18.9. The molecule has 4 aliphatic rings. The van der Waals surface area contributed by atoms with E-state index in [4.69, 9.17) is 8.83 Å². The second kappa shape index (κ2) is 13.4. The maximum absolute atomic E-state index is 7.14. The number of benzene rings is 9. The standard InChI is InChI=1S/C63H41NO2/c1-3-17-41-38(15-1)31-34-50-49-24-13-23-48(62(49)66-60(41)50)47-22-8-12-28-56(47)64(57-29-14-30-58-59(57)51-35-32-39-16-2-4-18-42(39)61(51)65-58)40-33-36-46-45-21-7-11-27-54(45)63(55(46)37-40)52-25-9-5-19-43(52)44-20-6-10-26-53(44)63/h1-11,13-22,24-27,29-37,48H,12,23,28H2. The van der Waals surface area contributed by atoms with Crippen molar-refractivity contribution in [2.45, 2.75) is 30.6 Å². The van der Waals surface area contributed by atoms with Crippen molar-refractivity contribution in [2.75, 3.05) is 4.90 Å². The van der Waals surface area contributed by atoms with Gasteiger partial charge in [-0.1, -0.05) is 170 Å². The van der Waals surface area contributed by atoms with Crippen LogP contribution in [0.15, 0.2) is 220 Å². The molecule has 0 amide bonds. The largest absolute Gasteiger partial charge is 0.459 e. The van der Waals surface area contributed by atoms with Gasteiger partial charge in [-0.3, -0.25) is 0 Å². The van der Waals surface area contributed by atoms with Crippen LogP contribution in [0, 0.1) is 0 Å². The van der Waals surface area contributed by atoms with Gasteiger partial charge in [-0.2, -0.15) is 0 Å². The fourth-order valence-corrected chi connectivity index (χ4v) is 12.6. The Morgan fingerprint density at radius 1 is 0.485 bits per heavy atom. The van der Waals surface area contributed by atoms with Crippen molar-refractivity contribution in [2.24, 2.45) is 0 Å². The lowest BCUT2D eigenvalue weighted by molar-refractivity contribution is 0.515. The Balaban J connectivity index is 1.03. The van der Waals surface area contributed by atoms with Crippen LogP contribution >= 0.6 is 0 Å². The topological polar surface area (TPSA) is 29.5 Å². The first-order chi connectivity index (χ1) is 32.8. The summed E-state index contributed by atoms with van der Waals surface area (Å²) < 4.78 is 14.1. The van der Waals surface area contributed by atoms with Gasteiger partial charge in [0.15, 0.2) is 0 Å². The summed E-state index contributed by atoms with van der Waals surface area (Å²) in [5.74, 6) is 1.07.